The first-order valence-electron chi connectivity index (χ1n) is 7.94. The summed E-state index contributed by atoms with van der Waals surface area (Å²) in [7, 11) is 5.47. The number of methoxy groups -OCH3 is 1. The molecule has 1 aromatic carbocycles. The highest BCUT2D eigenvalue weighted by Crippen LogP contribution is 2.26. The number of rotatable bonds is 9. The maximum absolute atomic E-state index is 5.94. The molecule has 24 heavy (non-hydrogen) atoms. The van der Waals surface area contributed by atoms with Gasteiger partial charge in [-0.25, -0.2) is 0 Å². The van der Waals surface area contributed by atoms with Crippen molar-refractivity contribution in [1.29, 1.82) is 0 Å². The maximum Gasteiger partial charge on any atom is 0.193 e. The Bertz CT molecular complexity index is 509. The van der Waals surface area contributed by atoms with Crippen molar-refractivity contribution in [3.8, 4) is 11.5 Å². The third-order valence-electron chi connectivity index (χ3n) is 3.42. The Labute approximate surface area is 163 Å². The summed E-state index contributed by atoms with van der Waals surface area (Å²) in [5.74, 6) is 2.36. The van der Waals surface area contributed by atoms with Gasteiger partial charge in [0.05, 0.1) is 13.7 Å². The molecule has 1 unspecified atom stereocenters. The molecule has 0 aliphatic rings. The minimum atomic E-state index is -0.00961. The lowest BCUT2D eigenvalue weighted by Gasteiger charge is -2.24. The van der Waals surface area contributed by atoms with Crippen molar-refractivity contribution >= 4 is 29.9 Å². The number of hydrogen-bond donors (Lipinski definition) is 1. The summed E-state index contributed by atoms with van der Waals surface area (Å²) in [6, 6.07) is 7.66. The van der Waals surface area contributed by atoms with Gasteiger partial charge in [-0.15, -0.1) is 30.6 Å². The van der Waals surface area contributed by atoms with Gasteiger partial charge in [-0.1, -0.05) is 18.2 Å². The first-order chi connectivity index (χ1) is 11.1. The lowest BCUT2D eigenvalue weighted by atomic mass is 10.3. The predicted octanol–water partition coefficient (Wildman–Crippen LogP) is 3.55. The first kappa shape index (κ1) is 22.6. The van der Waals surface area contributed by atoms with Gasteiger partial charge < -0.3 is 19.7 Å². The van der Waals surface area contributed by atoms with E-state index in [0.29, 0.717) is 6.54 Å². The van der Waals surface area contributed by atoms with Crippen molar-refractivity contribution in [1.82, 2.24) is 10.2 Å². The van der Waals surface area contributed by atoms with Crippen LogP contribution in [0.15, 0.2) is 41.9 Å². The summed E-state index contributed by atoms with van der Waals surface area (Å²) in [5, 5.41) is 3.34. The summed E-state index contributed by atoms with van der Waals surface area (Å²) < 4.78 is 11.2. The third kappa shape index (κ3) is 7.90. The van der Waals surface area contributed by atoms with Crippen LogP contribution in [0.3, 0.4) is 0 Å². The molecule has 136 valence electrons. The van der Waals surface area contributed by atoms with Crippen LogP contribution in [0, 0.1) is 0 Å². The molecule has 1 N–H and O–H groups in total. The number of para-hydroxylation sites is 2. The molecule has 1 aromatic rings. The van der Waals surface area contributed by atoms with Gasteiger partial charge in [0.15, 0.2) is 17.5 Å². The fourth-order valence-corrected chi connectivity index (χ4v) is 2.17. The Balaban J connectivity index is 0.00000529. The van der Waals surface area contributed by atoms with Crippen molar-refractivity contribution in [2.24, 2.45) is 4.99 Å². The van der Waals surface area contributed by atoms with Crippen LogP contribution < -0.4 is 14.8 Å². The monoisotopic (exact) mass is 447 g/mol. The van der Waals surface area contributed by atoms with Crippen molar-refractivity contribution in [2.75, 3.05) is 34.3 Å². The van der Waals surface area contributed by atoms with Crippen molar-refractivity contribution in [3.63, 3.8) is 0 Å². The number of hydrogen-bond acceptors (Lipinski definition) is 3. The molecular formula is C18H30IN3O2. The SMILES string of the molecule is C=CCCCN(C)C(=NC)NCC(C)Oc1ccccc1OC.I. The molecule has 0 spiro atoms. The van der Waals surface area contributed by atoms with Crippen molar-refractivity contribution in [3.05, 3.63) is 36.9 Å². The highest BCUT2D eigenvalue weighted by atomic mass is 127. The van der Waals surface area contributed by atoms with Crippen LogP contribution >= 0.6 is 24.0 Å². The topological polar surface area (TPSA) is 46.1 Å². The summed E-state index contributed by atoms with van der Waals surface area (Å²) in [5.41, 5.74) is 0. The van der Waals surface area contributed by atoms with Crippen LogP contribution in [-0.2, 0) is 0 Å². The number of ether oxygens (including phenoxy) is 2. The van der Waals surface area contributed by atoms with E-state index < -0.39 is 0 Å². The number of nitrogens with zero attached hydrogens (tertiary/aromatic N) is 2. The second-order valence-corrected chi connectivity index (χ2v) is 5.36. The van der Waals surface area contributed by atoms with E-state index in [0.717, 1.165) is 36.8 Å². The highest BCUT2D eigenvalue weighted by Gasteiger charge is 2.11. The molecule has 0 bridgehead atoms. The zero-order chi connectivity index (χ0) is 17.1. The predicted molar refractivity (Wildman–Crippen MR) is 112 cm³/mol. The number of halogens is 1. The number of benzene rings is 1. The van der Waals surface area contributed by atoms with E-state index in [2.05, 4.69) is 21.8 Å². The van der Waals surface area contributed by atoms with Gasteiger partial charge in [0.2, 0.25) is 0 Å². The molecule has 0 saturated heterocycles. The highest BCUT2D eigenvalue weighted by molar-refractivity contribution is 14.0. The first-order valence-corrected chi connectivity index (χ1v) is 7.94. The molecule has 1 atom stereocenters. The van der Waals surface area contributed by atoms with Gasteiger partial charge in [0.25, 0.3) is 0 Å². The zero-order valence-electron chi connectivity index (χ0n) is 15.1. The lowest BCUT2D eigenvalue weighted by molar-refractivity contribution is 0.212. The second-order valence-electron chi connectivity index (χ2n) is 5.36. The summed E-state index contributed by atoms with van der Waals surface area (Å²) in [6.45, 7) is 7.36. The van der Waals surface area contributed by atoms with Crippen LogP contribution in [0.2, 0.25) is 0 Å². The van der Waals surface area contributed by atoms with E-state index in [1.807, 2.05) is 44.3 Å². The largest absolute Gasteiger partial charge is 0.493 e. The summed E-state index contributed by atoms with van der Waals surface area (Å²) in [6.07, 6.45) is 4.00. The van der Waals surface area contributed by atoms with Crippen LogP contribution in [-0.4, -0.2) is 51.3 Å². The van der Waals surface area contributed by atoms with Crippen LogP contribution in [0.5, 0.6) is 11.5 Å². The fraction of sp³-hybridized carbons (Fsp3) is 0.500. The molecule has 0 fully saturated rings. The Morgan fingerprint density at radius 2 is 2.04 bits per heavy atom. The Hall–Kier alpha value is -1.44. The Morgan fingerprint density at radius 3 is 2.62 bits per heavy atom. The smallest absolute Gasteiger partial charge is 0.193 e. The normalized spacial score (nSPS) is 11.9. The number of allylic oxidation sites excluding steroid dienone is 1. The molecule has 0 aliphatic carbocycles. The van der Waals surface area contributed by atoms with Crippen molar-refractivity contribution in [2.45, 2.75) is 25.9 Å². The zero-order valence-corrected chi connectivity index (χ0v) is 17.4. The molecule has 0 amide bonds. The lowest BCUT2D eigenvalue weighted by Crippen LogP contribution is -2.43. The average Bonchev–Trinajstić information content (AvgIpc) is 2.56. The van der Waals surface area contributed by atoms with Gasteiger partial charge in [-0.05, 0) is 31.9 Å². The van der Waals surface area contributed by atoms with E-state index >= 15 is 0 Å². The standard InChI is InChI=1S/C18H29N3O2.HI/c1-6-7-10-13-21(4)18(19-3)20-14-15(2)23-17-12-9-8-11-16(17)22-5;/h6,8-9,11-12,15H,1,7,10,13-14H2,2-5H3,(H,19,20);1H. The molecule has 1 rings (SSSR count). The molecule has 0 aliphatic heterocycles. The van der Waals surface area contributed by atoms with E-state index in [9.17, 15) is 0 Å². The van der Waals surface area contributed by atoms with E-state index in [1.165, 1.54) is 0 Å². The minimum absolute atomic E-state index is 0. The molecule has 0 heterocycles. The fourth-order valence-electron chi connectivity index (χ4n) is 2.17. The Morgan fingerprint density at radius 1 is 1.38 bits per heavy atom. The number of guanidine groups is 1. The number of nitrogens with one attached hydrogen (secondary N) is 1. The quantitative estimate of drug-likeness (QED) is 0.207. The maximum atomic E-state index is 5.94. The summed E-state index contributed by atoms with van der Waals surface area (Å²) in [4.78, 5) is 6.42. The minimum Gasteiger partial charge on any atom is -0.493 e. The average molecular weight is 447 g/mol. The van der Waals surface area contributed by atoms with Crippen LogP contribution in [0.25, 0.3) is 0 Å². The molecule has 6 heteroatoms. The molecular weight excluding hydrogens is 417 g/mol. The van der Waals surface area contributed by atoms with E-state index in [1.54, 1.807) is 14.2 Å². The Kier molecular flexibility index (Phi) is 12.1. The molecule has 5 nitrogen and oxygen atoms in total. The molecule has 0 aromatic heterocycles. The number of aliphatic imine (C=N–C) groups is 1. The second kappa shape index (κ2) is 12.9. The number of unbranched alkanes of at least 4 members (excludes halogenated alkanes) is 1. The van der Waals surface area contributed by atoms with E-state index in [4.69, 9.17) is 9.47 Å². The van der Waals surface area contributed by atoms with Gasteiger partial charge in [-0.3, -0.25) is 4.99 Å². The molecule has 0 saturated carbocycles. The van der Waals surface area contributed by atoms with Crippen LogP contribution in [0.4, 0.5) is 0 Å². The summed E-state index contributed by atoms with van der Waals surface area (Å²) >= 11 is 0. The third-order valence-corrected chi connectivity index (χ3v) is 3.42. The van der Waals surface area contributed by atoms with Crippen LogP contribution in [0.1, 0.15) is 19.8 Å². The van der Waals surface area contributed by atoms with Gasteiger partial charge >= 0.3 is 0 Å². The van der Waals surface area contributed by atoms with Gasteiger partial charge in [-0.2, -0.15) is 0 Å². The van der Waals surface area contributed by atoms with Crippen molar-refractivity contribution < 1.29 is 9.47 Å². The van der Waals surface area contributed by atoms with Gasteiger partial charge in [0, 0.05) is 20.6 Å². The molecule has 0 radical (unpaired) electrons. The van der Waals surface area contributed by atoms with E-state index in [-0.39, 0.29) is 30.1 Å². The van der Waals surface area contributed by atoms with Gasteiger partial charge in [0.1, 0.15) is 6.10 Å².